The first-order valence-corrected chi connectivity index (χ1v) is 5.27. The van der Waals surface area contributed by atoms with Crippen LogP contribution < -0.4 is 11.1 Å². The van der Waals surface area contributed by atoms with Gasteiger partial charge in [-0.2, -0.15) is 0 Å². The van der Waals surface area contributed by atoms with E-state index in [1.807, 2.05) is 13.8 Å². The molecule has 2 amide bonds. The van der Waals surface area contributed by atoms with Crippen molar-refractivity contribution < 1.29 is 14.7 Å². The Morgan fingerprint density at radius 2 is 2.06 bits per heavy atom. The fourth-order valence-corrected chi connectivity index (χ4v) is 1.23. The van der Waals surface area contributed by atoms with Crippen LogP contribution in [0.15, 0.2) is 12.7 Å². The average Bonchev–Trinajstić information content (AvgIpc) is 2.15. The normalized spacial score (nSPS) is 14.2. The third-order valence-electron chi connectivity index (χ3n) is 2.06. The molecule has 0 aromatic carbocycles. The van der Waals surface area contributed by atoms with Gasteiger partial charge < -0.3 is 16.2 Å². The van der Waals surface area contributed by atoms with Crippen molar-refractivity contribution in [3.8, 4) is 0 Å². The van der Waals surface area contributed by atoms with E-state index in [1.54, 1.807) is 0 Å². The third-order valence-corrected chi connectivity index (χ3v) is 2.06. The number of nitrogens with one attached hydrogen (secondary N) is 1. The van der Waals surface area contributed by atoms with E-state index in [1.165, 1.54) is 6.08 Å². The molecule has 0 saturated heterocycles. The molecule has 0 spiro atoms. The standard InChI is InChI=1S/C11H20N2O3/c1-4-5-8(10(12)15)13-11(16)9(14)6-7(2)3/h4,7-9,14H,1,5-6H2,2-3H3,(H2,12,15)(H,13,16)/t8-,9-/m0/s1. The van der Waals surface area contributed by atoms with Gasteiger partial charge in [0.15, 0.2) is 0 Å². The molecule has 0 radical (unpaired) electrons. The Hall–Kier alpha value is -1.36. The van der Waals surface area contributed by atoms with E-state index in [2.05, 4.69) is 11.9 Å². The van der Waals surface area contributed by atoms with Crippen LogP contribution in [0, 0.1) is 5.92 Å². The molecule has 0 aliphatic heterocycles. The van der Waals surface area contributed by atoms with Gasteiger partial charge in [-0.25, -0.2) is 0 Å². The topological polar surface area (TPSA) is 92.4 Å². The number of rotatable bonds is 7. The second kappa shape index (κ2) is 7.00. The van der Waals surface area contributed by atoms with Crippen molar-refractivity contribution in [1.29, 1.82) is 0 Å². The predicted molar refractivity (Wildman–Crippen MR) is 61.4 cm³/mol. The van der Waals surface area contributed by atoms with Gasteiger partial charge in [-0.1, -0.05) is 19.9 Å². The van der Waals surface area contributed by atoms with Crippen molar-refractivity contribution in [1.82, 2.24) is 5.32 Å². The van der Waals surface area contributed by atoms with Crippen LogP contribution >= 0.6 is 0 Å². The van der Waals surface area contributed by atoms with Crippen LogP contribution in [0.4, 0.5) is 0 Å². The van der Waals surface area contributed by atoms with E-state index in [-0.39, 0.29) is 12.3 Å². The third kappa shape index (κ3) is 5.50. The second-order valence-corrected chi connectivity index (χ2v) is 4.13. The van der Waals surface area contributed by atoms with Crippen LogP contribution in [0.3, 0.4) is 0 Å². The molecule has 0 rings (SSSR count). The number of nitrogens with two attached hydrogens (primary N) is 1. The summed E-state index contributed by atoms with van der Waals surface area (Å²) in [7, 11) is 0. The molecule has 4 N–H and O–H groups in total. The van der Waals surface area contributed by atoms with Crippen molar-refractivity contribution in [3.05, 3.63) is 12.7 Å². The number of aliphatic hydroxyl groups excluding tert-OH is 1. The molecule has 0 fully saturated rings. The highest BCUT2D eigenvalue weighted by Gasteiger charge is 2.22. The zero-order valence-corrected chi connectivity index (χ0v) is 9.77. The van der Waals surface area contributed by atoms with Crippen LogP contribution in [0.2, 0.25) is 0 Å². The molecule has 0 aliphatic carbocycles. The van der Waals surface area contributed by atoms with Gasteiger partial charge in [0.25, 0.3) is 0 Å². The number of primary amides is 1. The number of hydrogen-bond donors (Lipinski definition) is 3. The SMILES string of the molecule is C=CC[C@H](NC(=O)[C@@H](O)CC(C)C)C(N)=O. The molecule has 92 valence electrons. The van der Waals surface area contributed by atoms with E-state index < -0.39 is 24.0 Å². The molecule has 5 heteroatoms. The highest BCUT2D eigenvalue weighted by Crippen LogP contribution is 2.05. The fraction of sp³-hybridized carbons (Fsp3) is 0.636. The number of amides is 2. The monoisotopic (exact) mass is 228 g/mol. The van der Waals surface area contributed by atoms with Crippen molar-refractivity contribution in [2.45, 2.75) is 38.8 Å². The van der Waals surface area contributed by atoms with Crippen LogP contribution in [-0.2, 0) is 9.59 Å². The largest absolute Gasteiger partial charge is 0.383 e. The van der Waals surface area contributed by atoms with Gasteiger partial charge in [0.2, 0.25) is 11.8 Å². The zero-order valence-electron chi connectivity index (χ0n) is 9.77. The summed E-state index contributed by atoms with van der Waals surface area (Å²) in [4.78, 5) is 22.4. The number of aliphatic hydroxyl groups is 1. The second-order valence-electron chi connectivity index (χ2n) is 4.13. The maximum absolute atomic E-state index is 11.5. The molecule has 0 aliphatic rings. The van der Waals surface area contributed by atoms with Gasteiger partial charge in [-0.3, -0.25) is 9.59 Å². The number of hydrogen-bond acceptors (Lipinski definition) is 3. The zero-order chi connectivity index (χ0) is 12.7. The minimum Gasteiger partial charge on any atom is -0.383 e. The van der Waals surface area contributed by atoms with Crippen LogP contribution in [0.1, 0.15) is 26.7 Å². The predicted octanol–water partition coefficient (Wildman–Crippen LogP) is -0.0604. The quantitative estimate of drug-likeness (QED) is 0.533. The lowest BCUT2D eigenvalue weighted by Crippen LogP contribution is -2.48. The lowest BCUT2D eigenvalue weighted by atomic mass is 10.0. The molecular formula is C11H20N2O3. The molecule has 0 aromatic heterocycles. The van der Waals surface area contributed by atoms with Gasteiger partial charge in [0.1, 0.15) is 12.1 Å². The summed E-state index contributed by atoms with van der Waals surface area (Å²) in [6.45, 7) is 7.25. The Bertz CT molecular complexity index is 264. The Kier molecular flexibility index (Phi) is 6.41. The van der Waals surface area contributed by atoms with Crippen molar-refractivity contribution in [2.75, 3.05) is 0 Å². The summed E-state index contributed by atoms with van der Waals surface area (Å²) in [5.41, 5.74) is 5.09. The van der Waals surface area contributed by atoms with E-state index >= 15 is 0 Å². The van der Waals surface area contributed by atoms with Gasteiger partial charge in [-0.05, 0) is 18.8 Å². The highest BCUT2D eigenvalue weighted by atomic mass is 16.3. The van der Waals surface area contributed by atoms with E-state index in [4.69, 9.17) is 5.73 Å². The minimum absolute atomic E-state index is 0.201. The number of carbonyl (C=O) groups excluding carboxylic acids is 2. The lowest BCUT2D eigenvalue weighted by molar-refractivity contribution is -0.133. The smallest absolute Gasteiger partial charge is 0.249 e. The summed E-state index contributed by atoms with van der Waals surface area (Å²) < 4.78 is 0. The van der Waals surface area contributed by atoms with Gasteiger partial charge in [-0.15, -0.1) is 6.58 Å². The van der Waals surface area contributed by atoms with Crippen LogP contribution in [-0.4, -0.2) is 29.1 Å². The van der Waals surface area contributed by atoms with Gasteiger partial charge in [0, 0.05) is 0 Å². The first-order valence-electron chi connectivity index (χ1n) is 5.27. The molecule has 5 nitrogen and oxygen atoms in total. The van der Waals surface area contributed by atoms with E-state index in [9.17, 15) is 14.7 Å². The Morgan fingerprint density at radius 3 is 2.44 bits per heavy atom. The molecule has 0 saturated carbocycles. The van der Waals surface area contributed by atoms with E-state index in [0.717, 1.165) is 0 Å². The molecular weight excluding hydrogens is 208 g/mol. The first-order chi connectivity index (χ1) is 7.38. The first kappa shape index (κ1) is 14.6. The molecule has 0 heterocycles. The highest BCUT2D eigenvalue weighted by molar-refractivity contribution is 5.88. The maximum atomic E-state index is 11.5. The van der Waals surface area contributed by atoms with Crippen molar-refractivity contribution in [3.63, 3.8) is 0 Å². The Balaban J connectivity index is 4.28. The van der Waals surface area contributed by atoms with Crippen LogP contribution in [0.25, 0.3) is 0 Å². The lowest BCUT2D eigenvalue weighted by Gasteiger charge is -2.17. The van der Waals surface area contributed by atoms with Crippen molar-refractivity contribution >= 4 is 11.8 Å². The summed E-state index contributed by atoms with van der Waals surface area (Å²) in [5.74, 6) is -1.00. The molecule has 16 heavy (non-hydrogen) atoms. The summed E-state index contributed by atoms with van der Waals surface area (Å²) in [6.07, 6.45) is 0.998. The van der Waals surface area contributed by atoms with Gasteiger partial charge in [0.05, 0.1) is 0 Å². The molecule has 0 bridgehead atoms. The van der Waals surface area contributed by atoms with Crippen molar-refractivity contribution in [2.24, 2.45) is 11.7 Å². The van der Waals surface area contributed by atoms with Gasteiger partial charge >= 0.3 is 0 Å². The summed E-state index contributed by atoms with van der Waals surface area (Å²) >= 11 is 0. The average molecular weight is 228 g/mol. The minimum atomic E-state index is -1.10. The summed E-state index contributed by atoms with van der Waals surface area (Å²) in [6, 6.07) is -0.799. The molecule has 0 unspecified atom stereocenters. The maximum Gasteiger partial charge on any atom is 0.249 e. The Morgan fingerprint density at radius 1 is 1.50 bits per heavy atom. The fourth-order valence-electron chi connectivity index (χ4n) is 1.23. The van der Waals surface area contributed by atoms with E-state index in [0.29, 0.717) is 6.42 Å². The molecule has 2 atom stereocenters. The molecule has 0 aromatic rings. The summed E-state index contributed by atoms with van der Waals surface area (Å²) in [5, 5.41) is 11.9. The number of carbonyl (C=O) groups is 2. The Labute approximate surface area is 95.7 Å². The van der Waals surface area contributed by atoms with Crippen LogP contribution in [0.5, 0.6) is 0 Å².